The van der Waals surface area contributed by atoms with Crippen LogP contribution in [-0.4, -0.2) is 58.1 Å². The van der Waals surface area contributed by atoms with Gasteiger partial charge in [-0.2, -0.15) is 18.3 Å². The van der Waals surface area contributed by atoms with Crippen molar-refractivity contribution >= 4 is 33.5 Å². The van der Waals surface area contributed by atoms with E-state index in [2.05, 4.69) is 15.4 Å². The van der Waals surface area contributed by atoms with Crippen molar-refractivity contribution < 1.29 is 37.3 Å². The smallest absolute Gasteiger partial charge is 0.424 e. The number of hydrogen-bond donors (Lipinski definition) is 3. The summed E-state index contributed by atoms with van der Waals surface area (Å²) >= 11 is 0. The number of carbonyl (C=O) groups excluding carboxylic acids is 2. The first-order valence-corrected chi connectivity index (χ1v) is 14.9. The number of nitrogens with zero attached hydrogens (tertiary/aromatic N) is 3. The predicted molar refractivity (Wildman–Crippen MR) is 166 cm³/mol. The zero-order valence-corrected chi connectivity index (χ0v) is 25.4. The Balaban J connectivity index is 1.30. The molecule has 0 radical (unpaired) electrons. The van der Waals surface area contributed by atoms with Gasteiger partial charge in [0.15, 0.2) is 0 Å². The summed E-state index contributed by atoms with van der Waals surface area (Å²) in [5.41, 5.74) is 0.672. The van der Waals surface area contributed by atoms with E-state index in [1.165, 1.54) is 26.2 Å². The zero-order valence-electron chi connectivity index (χ0n) is 25.4. The van der Waals surface area contributed by atoms with Gasteiger partial charge in [0.1, 0.15) is 34.7 Å². The highest BCUT2D eigenvalue weighted by atomic mass is 19.4. The Morgan fingerprint density at radius 2 is 1.85 bits per heavy atom. The SMILES string of the molecule is COc1cc(C(=O)NCC(O)(c2cc3c(c(-c4ccc5ccccc5c4)n2)OC[C@]3(C)C(N)=O)C(F)(F)F)cc2cn(C3CC3)nc12. The molecule has 5 aromatic rings. The summed E-state index contributed by atoms with van der Waals surface area (Å²) in [6.45, 7) is -0.0568. The molecule has 1 aliphatic heterocycles. The highest BCUT2D eigenvalue weighted by Crippen LogP contribution is 2.48. The third kappa shape index (κ3) is 5.01. The van der Waals surface area contributed by atoms with E-state index in [1.807, 2.05) is 24.3 Å². The molecule has 0 saturated heterocycles. The molecule has 1 fully saturated rings. The Bertz CT molecular complexity index is 2090. The van der Waals surface area contributed by atoms with Crippen molar-refractivity contribution in [2.24, 2.45) is 5.73 Å². The topological polar surface area (TPSA) is 142 Å². The number of amides is 2. The summed E-state index contributed by atoms with van der Waals surface area (Å²) in [5, 5.41) is 20.5. The second kappa shape index (κ2) is 10.7. The highest BCUT2D eigenvalue weighted by Gasteiger charge is 2.57. The number of rotatable bonds is 8. The van der Waals surface area contributed by atoms with Gasteiger partial charge in [0.05, 0.1) is 25.4 Å². The van der Waals surface area contributed by atoms with Gasteiger partial charge in [-0.25, -0.2) is 4.98 Å². The number of pyridine rings is 1. The monoisotopic (exact) mass is 645 g/mol. The zero-order chi connectivity index (χ0) is 33.3. The summed E-state index contributed by atoms with van der Waals surface area (Å²) in [7, 11) is 1.41. The molecule has 0 bridgehead atoms. The highest BCUT2D eigenvalue weighted by molar-refractivity contribution is 6.00. The molecule has 1 saturated carbocycles. The minimum absolute atomic E-state index is 0.00917. The number of nitrogens with one attached hydrogen (secondary N) is 1. The molecule has 2 aromatic heterocycles. The van der Waals surface area contributed by atoms with E-state index >= 15 is 0 Å². The van der Waals surface area contributed by atoms with Gasteiger partial charge in [-0.1, -0.05) is 36.4 Å². The fourth-order valence-electron chi connectivity index (χ4n) is 5.91. The number of halogens is 3. The standard InChI is InChI=1S/C34H30F3N5O5/c1-32(31(38)44)17-47-29-24(32)14-26(40-28(29)20-8-7-18-5-3-4-6-19(18)11-20)33(45,34(35,36)37)16-39-30(43)21-12-22-15-42(23-9-10-23)41-27(22)25(13-21)46-2/h3-8,11-15,23,45H,9-10,16-17H2,1-2H3,(H2,38,44)(H,39,43)/t32-,33?/m0/s1. The number of carbonyl (C=O) groups is 2. The number of ether oxygens (including phenoxy) is 2. The Hall–Kier alpha value is -5.17. The van der Waals surface area contributed by atoms with Crippen LogP contribution in [0, 0.1) is 0 Å². The van der Waals surface area contributed by atoms with Crippen LogP contribution in [0.5, 0.6) is 11.5 Å². The fraction of sp³-hybridized carbons (Fsp3) is 0.294. The molecule has 4 N–H and O–H groups in total. The first kappa shape index (κ1) is 30.5. The first-order chi connectivity index (χ1) is 22.3. The van der Waals surface area contributed by atoms with Crippen LogP contribution in [0.2, 0.25) is 0 Å². The van der Waals surface area contributed by atoms with Crippen LogP contribution in [0.25, 0.3) is 32.9 Å². The van der Waals surface area contributed by atoms with E-state index in [0.717, 1.165) is 29.7 Å². The number of aromatic nitrogens is 3. The number of primary amides is 1. The molecule has 1 unspecified atom stereocenters. The van der Waals surface area contributed by atoms with Crippen LogP contribution in [0.4, 0.5) is 13.2 Å². The van der Waals surface area contributed by atoms with Crippen LogP contribution >= 0.6 is 0 Å². The van der Waals surface area contributed by atoms with Crippen LogP contribution in [0.15, 0.2) is 66.9 Å². The quantitative estimate of drug-likeness (QED) is 0.218. The number of fused-ring (bicyclic) bond motifs is 3. The molecule has 2 atom stereocenters. The molecule has 47 heavy (non-hydrogen) atoms. The van der Waals surface area contributed by atoms with Gasteiger partial charge >= 0.3 is 6.18 Å². The maximum atomic E-state index is 14.9. The van der Waals surface area contributed by atoms with E-state index in [0.29, 0.717) is 16.5 Å². The minimum Gasteiger partial charge on any atom is -0.494 e. The molecule has 3 heterocycles. The van der Waals surface area contributed by atoms with Crippen molar-refractivity contribution in [3.05, 3.63) is 83.7 Å². The predicted octanol–water partition coefficient (Wildman–Crippen LogP) is 4.91. The summed E-state index contributed by atoms with van der Waals surface area (Å²) in [5.74, 6) is -1.33. The lowest BCUT2D eigenvalue weighted by molar-refractivity contribution is -0.265. The largest absolute Gasteiger partial charge is 0.494 e. The molecular formula is C34H30F3N5O5. The number of aliphatic hydroxyl groups is 1. The lowest BCUT2D eigenvalue weighted by atomic mass is 9.81. The van der Waals surface area contributed by atoms with Crippen LogP contribution < -0.4 is 20.5 Å². The molecule has 1 aliphatic carbocycles. The van der Waals surface area contributed by atoms with Crippen LogP contribution in [0.1, 0.15) is 47.4 Å². The Morgan fingerprint density at radius 1 is 1.11 bits per heavy atom. The van der Waals surface area contributed by atoms with Crippen LogP contribution in [-0.2, 0) is 15.8 Å². The average molecular weight is 646 g/mol. The van der Waals surface area contributed by atoms with Gasteiger partial charge < -0.3 is 25.6 Å². The molecule has 0 spiro atoms. The van der Waals surface area contributed by atoms with Gasteiger partial charge in [-0.15, -0.1) is 0 Å². The van der Waals surface area contributed by atoms with Gasteiger partial charge in [0.25, 0.3) is 5.91 Å². The van der Waals surface area contributed by atoms with Crippen molar-refractivity contribution in [2.45, 2.75) is 43.0 Å². The van der Waals surface area contributed by atoms with Crippen molar-refractivity contribution in [1.82, 2.24) is 20.1 Å². The second-order valence-corrected chi connectivity index (χ2v) is 12.3. The summed E-state index contributed by atoms with van der Waals surface area (Å²) in [6, 6.07) is 16.7. The normalized spacial score (nSPS) is 18.9. The average Bonchev–Trinajstić information content (AvgIpc) is 3.72. The maximum Gasteiger partial charge on any atom is 0.424 e. The van der Waals surface area contributed by atoms with Gasteiger partial charge in [-0.3, -0.25) is 14.3 Å². The number of nitrogens with two attached hydrogens (primary N) is 1. The van der Waals surface area contributed by atoms with E-state index in [4.69, 9.17) is 15.2 Å². The third-order valence-electron chi connectivity index (χ3n) is 9.03. The van der Waals surface area contributed by atoms with E-state index < -0.39 is 41.2 Å². The molecule has 3 aromatic carbocycles. The van der Waals surface area contributed by atoms with Crippen molar-refractivity contribution in [1.29, 1.82) is 0 Å². The van der Waals surface area contributed by atoms with Crippen molar-refractivity contribution in [3.63, 3.8) is 0 Å². The fourth-order valence-corrected chi connectivity index (χ4v) is 5.91. The van der Waals surface area contributed by atoms with E-state index in [-0.39, 0.29) is 41.0 Å². The molecule has 242 valence electrons. The van der Waals surface area contributed by atoms with E-state index in [1.54, 1.807) is 29.1 Å². The lowest BCUT2D eigenvalue weighted by Gasteiger charge is -2.31. The number of benzene rings is 3. The molecule has 7 rings (SSSR count). The summed E-state index contributed by atoms with van der Waals surface area (Å²) in [4.78, 5) is 30.2. The Kier molecular flexibility index (Phi) is 6.94. The van der Waals surface area contributed by atoms with Gasteiger partial charge in [-0.05, 0) is 54.8 Å². The van der Waals surface area contributed by atoms with Crippen molar-refractivity contribution in [2.75, 3.05) is 20.3 Å². The molecular weight excluding hydrogens is 615 g/mol. The first-order valence-electron chi connectivity index (χ1n) is 14.9. The third-order valence-corrected chi connectivity index (χ3v) is 9.03. The Labute approximate surface area is 266 Å². The minimum atomic E-state index is -5.31. The molecule has 10 nitrogen and oxygen atoms in total. The Morgan fingerprint density at radius 3 is 2.53 bits per heavy atom. The lowest BCUT2D eigenvalue weighted by Crippen LogP contribution is -2.51. The van der Waals surface area contributed by atoms with Gasteiger partial charge in [0, 0.05) is 28.3 Å². The molecule has 2 aliphatic rings. The number of alkyl halides is 3. The second-order valence-electron chi connectivity index (χ2n) is 12.3. The number of hydrogen-bond acceptors (Lipinski definition) is 7. The molecule has 13 heteroatoms. The summed E-state index contributed by atoms with van der Waals surface area (Å²) in [6.07, 6.45) is -1.59. The summed E-state index contributed by atoms with van der Waals surface area (Å²) < 4.78 is 57.8. The maximum absolute atomic E-state index is 14.9. The van der Waals surface area contributed by atoms with Crippen LogP contribution in [0.3, 0.4) is 0 Å². The van der Waals surface area contributed by atoms with Gasteiger partial charge in [0.2, 0.25) is 11.5 Å². The van der Waals surface area contributed by atoms with Crippen molar-refractivity contribution in [3.8, 4) is 22.8 Å². The number of methoxy groups -OCH3 is 1. The molecule has 2 amide bonds. The van der Waals surface area contributed by atoms with E-state index in [9.17, 15) is 27.9 Å².